The van der Waals surface area contributed by atoms with Crippen LogP contribution in [-0.2, 0) is 10.4 Å². The lowest BCUT2D eigenvalue weighted by Crippen LogP contribution is -2.48. The van der Waals surface area contributed by atoms with Crippen LogP contribution in [0.25, 0.3) is 0 Å². The summed E-state index contributed by atoms with van der Waals surface area (Å²) in [4.78, 5) is 22.9. The minimum absolute atomic E-state index is 0.295. The lowest BCUT2D eigenvalue weighted by atomic mass is 9.85. The van der Waals surface area contributed by atoms with Crippen molar-refractivity contribution in [3.8, 4) is 0 Å². The Kier molecular flexibility index (Phi) is 4.75. The molecule has 0 atom stereocenters. The van der Waals surface area contributed by atoms with Crippen LogP contribution in [0, 0.1) is 0 Å². The van der Waals surface area contributed by atoms with Crippen molar-refractivity contribution >= 4 is 12.0 Å². The van der Waals surface area contributed by atoms with Crippen LogP contribution in [0.2, 0.25) is 0 Å². The minimum atomic E-state index is -1.90. The molecule has 2 amide bonds. The highest BCUT2D eigenvalue weighted by atomic mass is 16.4. The van der Waals surface area contributed by atoms with E-state index < -0.39 is 17.6 Å². The Balaban J connectivity index is 2.34. The van der Waals surface area contributed by atoms with E-state index in [0.717, 1.165) is 0 Å². The van der Waals surface area contributed by atoms with E-state index in [9.17, 15) is 14.7 Å². The maximum atomic E-state index is 12.5. The fraction of sp³-hybridized carbons (Fsp3) is 0.125. The summed E-state index contributed by atoms with van der Waals surface area (Å²) < 4.78 is 0. The Hall–Kier alpha value is -2.86. The number of aliphatic hydroxyl groups is 1. The molecule has 0 radical (unpaired) electrons. The van der Waals surface area contributed by atoms with Gasteiger partial charge in [0.05, 0.1) is 6.67 Å². The van der Waals surface area contributed by atoms with E-state index in [-0.39, 0.29) is 6.67 Å². The summed E-state index contributed by atoms with van der Waals surface area (Å²) in [7, 11) is 0. The summed E-state index contributed by atoms with van der Waals surface area (Å²) in [6, 6.07) is 17.0. The van der Waals surface area contributed by atoms with Crippen molar-refractivity contribution in [1.29, 1.82) is 0 Å². The van der Waals surface area contributed by atoms with Gasteiger partial charge in [-0.15, -0.1) is 0 Å². The Morgan fingerprint density at radius 1 is 0.864 bits per heavy atom. The SMILES string of the molecule is O=C(O)NCNC(=O)C(O)(c1ccccc1)c1ccccc1. The highest BCUT2D eigenvalue weighted by molar-refractivity contribution is 5.90. The number of nitrogens with one attached hydrogen (secondary N) is 2. The molecule has 2 aromatic rings. The van der Waals surface area contributed by atoms with E-state index in [4.69, 9.17) is 5.11 Å². The highest BCUT2D eigenvalue weighted by Crippen LogP contribution is 2.29. The Labute approximate surface area is 127 Å². The number of amides is 2. The van der Waals surface area contributed by atoms with Crippen molar-refractivity contribution in [1.82, 2.24) is 10.6 Å². The monoisotopic (exact) mass is 300 g/mol. The molecule has 0 saturated heterocycles. The second kappa shape index (κ2) is 6.73. The molecular weight excluding hydrogens is 284 g/mol. The third-order valence-electron chi connectivity index (χ3n) is 3.20. The number of rotatable bonds is 5. The van der Waals surface area contributed by atoms with Gasteiger partial charge >= 0.3 is 6.09 Å². The van der Waals surface area contributed by atoms with Crippen molar-refractivity contribution in [3.63, 3.8) is 0 Å². The molecule has 0 bridgehead atoms. The second-order valence-electron chi connectivity index (χ2n) is 4.61. The Morgan fingerprint density at radius 2 is 1.32 bits per heavy atom. The number of carbonyl (C=O) groups is 2. The Morgan fingerprint density at radius 3 is 1.73 bits per heavy atom. The molecule has 2 rings (SSSR count). The number of hydrogen-bond acceptors (Lipinski definition) is 3. The summed E-state index contributed by atoms with van der Waals surface area (Å²) in [5, 5.41) is 23.9. The van der Waals surface area contributed by atoms with Crippen LogP contribution in [0.3, 0.4) is 0 Å². The highest BCUT2D eigenvalue weighted by Gasteiger charge is 2.39. The summed E-state index contributed by atoms with van der Waals surface area (Å²) in [6.45, 7) is -0.295. The molecule has 6 heteroatoms. The van der Waals surface area contributed by atoms with E-state index in [2.05, 4.69) is 5.32 Å². The first-order valence-corrected chi connectivity index (χ1v) is 6.63. The zero-order valence-electron chi connectivity index (χ0n) is 11.7. The third kappa shape index (κ3) is 3.24. The first kappa shape index (κ1) is 15.5. The van der Waals surface area contributed by atoms with Gasteiger partial charge in [0.15, 0.2) is 5.60 Å². The van der Waals surface area contributed by atoms with E-state index in [1.54, 1.807) is 60.7 Å². The molecule has 2 aromatic carbocycles. The van der Waals surface area contributed by atoms with Crippen LogP contribution in [-0.4, -0.2) is 28.9 Å². The van der Waals surface area contributed by atoms with Gasteiger partial charge in [-0.05, 0) is 11.1 Å². The molecule has 0 saturated carbocycles. The summed E-state index contributed by atoms with van der Waals surface area (Å²) in [5.41, 5.74) is -1.11. The molecule has 22 heavy (non-hydrogen) atoms. The predicted molar refractivity (Wildman–Crippen MR) is 80.1 cm³/mol. The van der Waals surface area contributed by atoms with Gasteiger partial charge in [-0.2, -0.15) is 0 Å². The van der Waals surface area contributed by atoms with Crippen molar-refractivity contribution in [3.05, 3.63) is 71.8 Å². The topological polar surface area (TPSA) is 98.7 Å². The normalized spacial score (nSPS) is 10.8. The van der Waals surface area contributed by atoms with Crippen LogP contribution >= 0.6 is 0 Å². The van der Waals surface area contributed by atoms with Crippen molar-refractivity contribution in [2.24, 2.45) is 0 Å². The Bertz CT molecular complexity index is 604. The summed E-state index contributed by atoms with van der Waals surface area (Å²) >= 11 is 0. The first-order valence-electron chi connectivity index (χ1n) is 6.63. The maximum Gasteiger partial charge on any atom is 0.406 e. The van der Waals surface area contributed by atoms with Crippen LogP contribution < -0.4 is 10.6 Å². The molecule has 0 aliphatic heterocycles. The average Bonchev–Trinajstić information content (AvgIpc) is 2.55. The molecule has 4 N–H and O–H groups in total. The standard InChI is InChI=1S/C16H16N2O4/c19-14(17-11-18-15(20)21)16(22,12-7-3-1-4-8-12)13-9-5-2-6-10-13/h1-10,18,22H,11H2,(H,17,19)(H,20,21). The number of hydrogen-bond donors (Lipinski definition) is 4. The van der Waals surface area contributed by atoms with Gasteiger partial charge in [0.25, 0.3) is 5.91 Å². The fourth-order valence-electron chi connectivity index (χ4n) is 2.12. The van der Waals surface area contributed by atoms with Crippen molar-refractivity contribution in [2.45, 2.75) is 5.60 Å². The average molecular weight is 300 g/mol. The quantitative estimate of drug-likeness (QED) is 0.625. The third-order valence-corrected chi connectivity index (χ3v) is 3.20. The van der Waals surface area contributed by atoms with Gasteiger partial charge < -0.3 is 20.8 Å². The van der Waals surface area contributed by atoms with Crippen LogP contribution in [0.4, 0.5) is 4.79 Å². The lowest BCUT2D eigenvalue weighted by molar-refractivity contribution is -0.136. The van der Waals surface area contributed by atoms with E-state index >= 15 is 0 Å². The van der Waals surface area contributed by atoms with Crippen LogP contribution in [0.15, 0.2) is 60.7 Å². The van der Waals surface area contributed by atoms with Gasteiger partial charge in [-0.25, -0.2) is 4.79 Å². The molecule has 0 aliphatic carbocycles. The fourth-order valence-corrected chi connectivity index (χ4v) is 2.12. The molecule has 0 heterocycles. The van der Waals surface area contributed by atoms with Gasteiger partial charge in [0.1, 0.15) is 0 Å². The van der Waals surface area contributed by atoms with E-state index in [1.807, 2.05) is 5.32 Å². The molecule has 0 aromatic heterocycles. The van der Waals surface area contributed by atoms with Gasteiger partial charge in [0.2, 0.25) is 0 Å². The van der Waals surface area contributed by atoms with Gasteiger partial charge in [0, 0.05) is 0 Å². The van der Waals surface area contributed by atoms with Gasteiger partial charge in [-0.1, -0.05) is 60.7 Å². The summed E-state index contributed by atoms with van der Waals surface area (Å²) in [6.07, 6.45) is -1.26. The lowest BCUT2D eigenvalue weighted by Gasteiger charge is -2.28. The smallest absolute Gasteiger partial charge is 0.406 e. The molecular formula is C16H16N2O4. The number of carbonyl (C=O) groups excluding carboxylic acids is 1. The molecule has 0 spiro atoms. The van der Waals surface area contributed by atoms with E-state index in [0.29, 0.717) is 11.1 Å². The molecule has 0 fully saturated rings. The largest absolute Gasteiger partial charge is 0.465 e. The number of benzene rings is 2. The molecule has 114 valence electrons. The minimum Gasteiger partial charge on any atom is -0.465 e. The van der Waals surface area contributed by atoms with Crippen LogP contribution in [0.1, 0.15) is 11.1 Å². The maximum absolute atomic E-state index is 12.5. The zero-order chi connectivity index (χ0) is 16.0. The zero-order valence-corrected chi connectivity index (χ0v) is 11.7. The number of carboxylic acid groups (broad SMARTS) is 1. The van der Waals surface area contributed by atoms with Gasteiger partial charge in [-0.3, -0.25) is 4.79 Å². The van der Waals surface area contributed by atoms with Crippen LogP contribution in [0.5, 0.6) is 0 Å². The first-order chi connectivity index (χ1) is 10.5. The van der Waals surface area contributed by atoms with E-state index in [1.165, 1.54) is 0 Å². The molecule has 0 unspecified atom stereocenters. The van der Waals surface area contributed by atoms with Crippen molar-refractivity contribution in [2.75, 3.05) is 6.67 Å². The summed E-state index contributed by atoms with van der Waals surface area (Å²) in [5.74, 6) is -0.710. The molecule has 0 aliphatic rings. The van der Waals surface area contributed by atoms with Crippen molar-refractivity contribution < 1.29 is 19.8 Å². The predicted octanol–water partition coefficient (Wildman–Crippen LogP) is 1.26. The second-order valence-corrected chi connectivity index (χ2v) is 4.61. The molecule has 6 nitrogen and oxygen atoms in total.